The lowest BCUT2D eigenvalue weighted by Gasteiger charge is -2.37. The van der Waals surface area contributed by atoms with Crippen LogP contribution in [0.15, 0.2) is 18.5 Å². The van der Waals surface area contributed by atoms with Gasteiger partial charge in [0.2, 0.25) is 0 Å². The highest BCUT2D eigenvalue weighted by atomic mass is 32.2. The van der Waals surface area contributed by atoms with Crippen LogP contribution in [0.1, 0.15) is 37.9 Å². The van der Waals surface area contributed by atoms with E-state index in [1.54, 1.807) is 12.4 Å². The summed E-state index contributed by atoms with van der Waals surface area (Å²) in [5.41, 5.74) is 2.22. The monoisotopic (exact) mass is 425 g/mol. The summed E-state index contributed by atoms with van der Waals surface area (Å²) in [5.74, 6) is -1.96. The number of nitrogens with zero attached hydrogens (tertiary/aromatic N) is 5. The highest BCUT2D eigenvalue weighted by molar-refractivity contribution is 7.87. The Morgan fingerprint density at radius 2 is 2.10 bits per heavy atom. The second kappa shape index (κ2) is 6.41. The molecule has 2 aliphatic rings. The third-order valence-corrected chi connectivity index (χ3v) is 7.56. The fourth-order valence-corrected chi connectivity index (χ4v) is 6.03. The summed E-state index contributed by atoms with van der Waals surface area (Å²) in [4.78, 5) is 7.39. The average Bonchev–Trinajstić information content (AvgIpc) is 3.35. The first kappa shape index (κ1) is 18.8. The van der Waals surface area contributed by atoms with E-state index in [9.17, 15) is 17.2 Å². The van der Waals surface area contributed by atoms with Crippen LogP contribution in [0.4, 0.5) is 8.78 Å². The molecule has 9 nitrogen and oxygen atoms in total. The van der Waals surface area contributed by atoms with Gasteiger partial charge in [-0.25, -0.2) is 13.8 Å². The lowest BCUT2D eigenvalue weighted by molar-refractivity contribution is -0.0950. The van der Waals surface area contributed by atoms with Gasteiger partial charge in [-0.05, 0) is 24.8 Å². The molecule has 156 valence electrons. The number of hydrogen-bond acceptors (Lipinski definition) is 5. The van der Waals surface area contributed by atoms with Crippen LogP contribution >= 0.6 is 0 Å². The van der Waals surface area contributed by atoms with E-state index in [1.165, 1.54) is 0 Å². The predicted octanol–water partition coefficient (Wildman–Crippen LogP) is 1.66. The van der Waals surface area contributed by atoms with Gasteiger partial charge >= 0.3 is 0 Å². The Labute approximate surface area is 165 Å². The van der Waals surface area contributed by atoms with E-state index in [-0.39, 0.29) is 17.9 Å². The van der Waals surface area contributed by atoms with E-state index < -0.39 is 29.2 Å². The summed E-state index contributed by atoms with van der Waals surface area (Å²) < 4.78 is 56.4. The van der Waals surface area contributed by atoms with Crippen molar-refractivity contribution in [2.45, 2.75) is 44.1 Å². The molecule has 4 heterocycles. The van der Waals surface area contributed by atoms with Gasteiger partial charge in [-0.15, -0.1) is 10.2 Å². The van der Waals surface area contributed by atoms with Gasteiger partial charge in [0.15, 0.2) is 11.3 Å². The number of H-pyrrole nitrogens is 1. The largest absolute Gasteiger partial charge is 0.345 e. The summed E-state index contributed by atoms with van der Waals surface area (Å²) in [6, 6.07) is 1.57. The molecule has 1 aliphatic heterocycles. The van der Waals surface area contributed by atoms with Gasteiger partial charge in [-0.1, -0.05) is 13.3 Å². The third kappa shape index (κ3) is 3.09. The summed E-state index contributed by atoms with van der Waals surface area (Å²) >= 11 is 0. The lowest BCUT2D eigenvalue weighted by atomic mass is 9.93. The van der Waals surface area contributed by atoms with Crippen molar-refractivity contribution in [1.82, 2.24) is 33.6 Å². The molecule has 1 saturated heterocycles. The molecule has 3 aromatic rings. The van der Waals surface area contributed by atoms with Crippen molar-refractivity contribution in [1.29, 1.82) is 0 Å². The van der Waals surface area contributed by atoms with Crippen molar-refractivity contribution >= 4 is 27.0 Å². The number of aromatic amines is 1. The molecule has 0 spiro atoms. The van der Waals surface area contributed by atoms with E-state index in [4.69, 9.17) is 0 Å². The van der Waals surface area contributed by atoms with Crippen LogP contribution in [0, 0.1) is 5.92 Å². The van der Waals surface area contributed by atoms with Gasteiger partial charge in [0.25, 0.3) is 16.1 Å². The van der Waals surface area contributed by atoms with E-state index in [0.717, 1.165) is 27.7 Å². The van der Waals surface area contributed by atoms with Crippen molar-refractivity contribution in [3.8, 4) is 0 Å². The van der Waals surface area contributed by atoms with Gasteiger partial charge in [-0.3, -0.25) is 4.40 Å². The molecule has 3 atom stereocenters. The molecule has 2 N–H and O–H groups in total. The Morgan fingerprint density at radius 1 is 1.31 bits per heavy atom. The minimum Gasteiger partial charge on any atom is -0.345 e. The van der Waals surface area contributed by atoms with Gasteiger partial charge in [0.05, 0.1) is 24.8 Å². The molecule has 3 unspecified atom stereocenters. The maximum Gasteiger partial charge on any atom is 0.280 e. The molecule has 29 heavy (non-hydrogen) atoms. The Morgan fingerprint density at radius 3 is 2.83 bits per heavy atom. The maximum absolute atomic E-state index is 13.1. The molecule has 12 heteroatoms. The highest BCUT2D eigenvalue weighted by Gasteiger charge is 2.50. The van der Waals surface area contributed by atoms with Crippen LogP contribution in [-0.4, -0.2) is 62.3 Å². The van der Waals surface area contributed by atoms with Gasteiger partial charge in [0.1, 0.15) is 5.82 Å². The normalized spacial score (nSPS) is 27.6. The van der Waals surface area contributed by atoms with Crippen LogP contribution < -0.4 is 4.72 Å². The second-order valence-electron chi connectivity index (χ2n) is 7.91. The van der Waals surface area contributed by atoms with Crippen molar-refractivity contribution in [3.63, 3.8) is 0 Å². The molecule has 2 fully saturated rings. The number of nitrogens with one attached hydrogen (secondary N) is 2. The van der Waals surface area contributed by atoms with Gasteiger partial charge in [-0.2, -0.15) is 17.4 Å². The number of halogens is 2. The van der Waals surface area contributed by atoms with Crippen molar-refractivity contribution < 1.29 is 17.2 Å². The topological polar surface area (TPSA) is 108 Å². The molecule has 5 rings (SSSR count). The van der Waals surface area contributed by atoms with Crippen LogP contribution in [-0.2, 0) is 10.2 Å². The zero-order valence-electron chi connectivity index (χ0n) is 15.7. The standard InChI is InChI=1S/C17H21F2N7O2S/c1-2-10-5-11(24-29(27,28)25-8-17(18,19)9-25)6-12(10)16-23-22-14-7-21-15-13(26(14)16)3-4-20-15/h3-4,7,10-12,20,24H,2,5-6,8-9H2,1H3. The molecule has 0 bridgehead atoms. The maximum atomic E-state index is 13.1. The SMILES string of the molecule is CCC1CC(NS(=O)(=O)N2CC(F)(F)C2)CC1c1nnc2cnc3[nH]ccc3n12. The fraction of sp³-hybridized carbons (Fsp3) is 0.588. The number of aromatic nitrogens is 5. The van der Waals surface area contributed by atoms with E-state index in [0.29, 0.717) is 18.5 Å². The lowest BCUT2D eigenvalue weighted by Crippen LogP contribution is -2.61. The quantitative estimate of drug-likeness (QED) is 0.646. The smallest absolute Gasteiger partial charge is 0.280 e. The Bertz CT molecular complexity index is 1170. The zero-order chi connectivity index (χ0) is 20.4. The number of rotatable bonds is 5. The molecule has 1 saturated carbocycles. The summed E-state index contributed by atoms with van der Waals surface area (Å²) in [6.07, 6.45) is 5.46. The molecular formula is C17H21F2N7O2S. The molecular weight excluding hydrogens is 404 g/mol. The van der Waals surface area contributed by atoms with Crippen LogP contribution in [0.5, 0.6) is 0 Å². The van der Waals surface area contributed by atoms with E-state index >= 15 is 0 Å². The van der Waals surface area contributed by atoms with E-state index in [1.807, 2.05) is 10.5 Å². The Hall–Kier alpha value is -2.18. The summed E-state index contributed by atoms with van der Waals surface area (Å²) in [6.45, 7) is 0.535. The minimum atomic E-state index is -3.92. The molecule has 0 amide bonds. The highest BCUT2D eigenvalue weighted by Crippen LogP contribution is 2.42. The fourth-order valence-electron chi connectivity index (χ4n) is 4.55. The number of hydrogen-bond donors (Lipinski definition) is 2. The van der Waals surface area contributed by atoms with Gasteiger partial charge in [0, 0.05) is 18.2 Å². The Kier molecular flexibility index (Phi) is 4.16. The number of fused-ring (bicyclic) bond motifs is 3. The first-order valence-corrected chi connectivity index (χ1v) is 11.0. The first-order valence-electron chi connectivity index (χ1n) is 9.60. The zero-order valence-corrected chi connectivity index (χ0v) is 16.5. The van der Waals surface area contributed by atoms with Crippen LogP contribution in [0.2, 0.25) is 0 Å². The summed E-state index contributed by atoms with van der Waals surface area (Å²) in [5, 5.41) is 8.62. The van der Waals surface area contributed by atoms with Crippen molar-refractivity contribution in [3.05, 3.63) is 24.3 Å². The number of alkyl halides is 2. The third-order valence-electron chi connectivity index (χ3n) is 5.99. The molecule has 0 aromatic carbocycles. The molecule has 3 aromatic heterocycles. The molecule has 1 aliphatic carbocycles. The average molecular weight is 425 g/mol. The van der Waals surface area contributed by atoms with E-state index in [2.05, 4.69) is 31.8 Å². The van der Waals surface area contributed by atoms with Gasteiger partial charge < -0.3 is 4.98 Å². The van der Waals surface area contributed by atoms with Crippen LogP contribution in [0.3, 0.4) is 0 Å². The predicted molar refractivity (Wildman–Crippen MR) is 101 cm³/mol. The van der Waals surface area contributed by atoms with Crippen molar-refractivity contribution in [2.75, 3.05) is 13.1 Å². The minimum absolute atomic E-state index is 0.000955. The van der Waals surface area contributed by atoms with Crippen LogP contribution in [0.25, 0.3) is 16.8 Å². The molecule has 0 radical (unpaired) electrons. The first-order chi connectivity index (χ1) is 13.8. The Balaban J connectivity index is 1.42. The second-order valence-corrected chi connectivity index (χ2v) is 9.61. The summed E-state index contributed by atoms with van der Waals surface area (Å²) in [7, 11) is -3.92. The van der Waals surface area contributed by atoms with Crippen molar-refractivity contribution in [2.24, 2.45) is 5.92 Å².